The SMILES string of the molecule is C[C@H](Sc1nnc2n1CCCCC2)C(=O)Nc1ccc(F)c([N+](=O)[O-])c1. The molecule has 1 aromatic heterocycles. The normalized spacial score (nSPS) is 15.0. The van der Waals surface area contributed by atoms with Crippen molar-refractivity contribution in [1.82, 2.24) is 14.8 Å². The fourth-order valence-electron chi connectivity index (χ4n) is 2.73. The number of hydrogen-bond acceptors (Lipinski definition) is 6. The number of halogens is 1. The molecule has 0 aliphatic carbocycles. The second-order valence-electron chi connectivity index (χ2n) is 6.03. The van der Waals surface area contributed by atoms with Gasteiger partial charge in [0.25, 0.3) is 0 Å². The molecule has 2 aromatic rings. The van der Waals surface area contributed by atoms with Crippen molar-refractivity contribution < 1.29 is 14.1 Å². The number of anilines is 1. The van der Waals surface area contributed by atoms with Gasteiger partial charge >= 0.3 is 5.69 Å². The highest BCUT2D eigenvalue weighted by molar-refractivity contribution is 8.00. The Labute approximate surface area is 153 Å². The summed E-state index contributed by atoms with van der Waals surface area (Å²) in [4.78, 5) is 22.4. The third-order valence-electron chi connectivity index (χ3n) is 4.14. The molecule has 0 radical (unpaired) electrons. The summed E-state index contributed by atoms with van der Waals surface area (Å²) in [5, 5.41) is 22.0. The van der Waals surface area contributed by atoms with E-state index in [1.807, 2.05) is 4.57 Å². The lowest BCUT2D eigenvalue weighted by Gasteiger charge is -2.12. The number of carbonyl (C=O) groups is 1. The summed E-state index contributed by atoms with van der Waals surface area (Å²) in [6.45, 7) is 2.55. The van der Waals surface area contributed by atoms with Crippen LogP contribution in [0.5, 0.6) is 0 Å². The Morgan fingerprint density at radius 1 is 1.38 bits per heavy atom. The quantitative estimate of drug-likeness (QED) is 0.486. The first-order valence-electron chi connectivity index (χ1n) is 8.29. The maximum absolute atomic E-state index is 13.4. The molecule has 2 heterocycles. The van der Waals surface area contributed by atoms with Gasteiger partial charge < -0.3 is 9.88 Å². The molecule has 1 amide bonds. The van der Waals surface area contributed by atoms with E-state index in [1.54, 1.807) is 6.92 Å². The highest BCUT2D eigenvalue weighted by Gasteiger charge is 2.22. The van der Waals surface area contributed by atoms with E-state index in [0.29, 0.717) is 5.16 Å². The number of nitro benzene ring substituents is 1. The minimum atomic E-state index is -0.943. The Morgan fingerprint density at radius 2 is 2.19 bits per heavy atom. The molecule has 1 N–H and O–H groups in total. The zero-order valence-electron chi connectivity index (χ0n) is 14.1. The number of rotatable bonds is 5. The van der Waals surface area contributed by atoms with Crippen molar-refractivity contribution in [2.24, 2.45) is 0 Å². The van der Waals surface area contributed by atoms with Crippen molar-refractivity contribution in [2.45, 2.75) is 49.6 Å². The Bertz CT molecular complexity index is 841. The molecule has 0 saturated heterocycles. The number of nitrogens with zero attached hydrogens (tertiary/aromatic N) is 4. The van der Waals surface area contributed by atoms with Crippen LogP contribution in [0.3, 0.4) is 0 Å². The maximum atomic E-state index is 13.4. The van der Waals surface area contributed by atoms with Crippen LogP contribution in [-0.2, 0) is 17.8 Å². The lowest BCUT2D eigenvalue weighted by Crippen LogP contribution is -2.23. The van der Waals surface area contributed by atoms with Crippen molar-refractivity contribution in [3.63, 3.8) is 0 Å². The molecule has 0 fully saturated rings. The van der Waals surface area contributed by atoms with Gasteiger partial charge in [-0.1, -0.05) is 18.2 Å². The molecule has 1 aliphatic rings. The first kappa shape index (κ1) is 18.3. The smallest absolute Gasteiger partial charge is 0.306 e. The number of thioether (sulfide) groups is 1. The summed E-state index contributed by atoms with van der Waals surface area (Å²) in [5.74, 6) is -0.352. The molecule has 1 aliphatic heterocycles. The van der Waals surface area contributed by atoms with Crippen molar-refractivity contribution in [3.8, 4) is 0 Å². The van der Waals surface area contributed by atoms with E-state index in [0.717, 1.165) is 50.2 Å². The van der Waals surface area contributed by atoms with Gasteiger partial charge in [-0.15, -0.1) is 10.2 Å². The van der Waals surface area contributed by atoms with E-state index in [1.165, 1.54) is 17.8 Å². The predicted molar refractivity (Wildman–Crippen MR) is 94.6 cm³/mol. The molecule has 0 spiro atoms. The van der Waals surface area contributed by atoms with E-state index < -0.39 is 21.7 Å². The number of carbonyl (C=O) groups excluding carboxylic acids is 1. The summed E-state index contributed by atoms with van der Waals surface area (Å²) >= 11 is 1.28. The van der Waals surface area contributed by atoms with Crippen LogP contribution in [0.1, 0.15) is 32.0 Å². The molecule has 138 valence electrons. The predicted octanol–water partition coefficient (Wildman–Crippen LogP) is 3.17. The van der Waals surface area contributed by atoms with Crippen LogP contribution in [0.2, 0.25) is 0 Å². The number of benzene rings is 1. The third-order valence-corrected chi connectivity index (χ3v) is 5.22. The number of nitro groups is 1. The van der Waals surface area contributed by atoms with E-state index in [-0.39, 0.29) is 11.6 Å². The van der Waals surface area contributed by atoms with Crippen molar-refractivity contribution in [2.75, 3.05) is 5.32 Å². The summed E-state index contributed by atoms with van der Waals surface area (Å²) in [7, 11) is 0. The topological polar surface area (TPSA) is 103 Å². The van der Waals surface area contributed by atoms with E-state index in [4.69, 9.17) is 0 Å². The second-order valence-corrected chi connectivity index (χ2v) is 7.34. The second kappa shape index (κ2) is 7.81. The average molecular weight is 379 g/mol. The highest BCUT2D eigenvalue weighted by Crippen LogP contribution is 2.27. The van der Waals surface area contributed by atoms with Crippen LogP contribution in [0.25, 0.3) is 0 Å². The largest absolute Gasteiger partial charge is 0.325 e. The summed E-state index contributed by atoms with van der Waals surface area (Å²) in [6, 6.07) is 3.26. The molecule has 0 saturated carbocycles. The standard InChI is InChI=1S/C16H18FN5O3S/c1-10(26-16-20-19-14-5-3-2-4-8-21(14)16)15(23)18-11-6-7-12(17)13(9-11)22(24)25/h6-7,9-10H,2-5,8H2,1H3,(H,18,23)/t10-/m0/s1. The van der Waals surface area contributed by atoms with Gasteiger partial charge in [0.15, 0.2) is 5.16 Å². The highest BCUT2D eigenvalue weighted by atomic mass is 32.2. The number of hydrogen-bond donors (Lipinski definition) is 1. The van der Waals surface area contributed by atoms with Gasteiger partial charge in [-0.2, -0.15) is 4.39 Å². The van der Waals surface area contributed by atoms with Crippen LogP contribution in [0, 0.1) is 15.9 Å². The molecule has 8 nitrogen and oxygen atoms in total. The van der Waals surface area contributed by atoms with Crippen LogP contribution in [0.15, 0.2) is 23.4 Å². The first-order chi connectivity index (χ1) is 12.5. The fourth-order valence-corrected chi connectivity index (χ4v) is 3.63. The molecule has 1 aromatic carbocycles. The van der Waals surface area contributed by atoms with Crippen molar-refractivity contribution in [3.05, 3.63) is 40.0 Å². The van der Waals surface area contributed by atoms with E-state index in [2.05, 4.69) is 15.5 Å². The molecule has 1 atom stereocenters. The molecule has 0 bridgehead atoms. The molecular formula is C16H18FN5O3S. The minimum absolute atomic E-state index is 0.177. The number of aryl methyl sites for hydroxylation is 1. The zero-order chi connectivity index (χ0) is 18.7. The summed E-state index contributed by atoms with van der Waals surface area (Å²) in [6.07, 6.45) is 4.17. The molecular weight excluding hydrogens is 361 g/mol. The maximum Gasteiger partial charge on any atom is 0.306 e. The summed E-state index contributed by atoms with van der Waals surface area (Å²) < 4.78 is 15.4. The van der Waals surface area contributed by atoms with Gasteiger partial charge in [0.05, 0.1) is 10.2 Å². The van der Waals surface area contributed by atoms with Gasteiger partial charge in [0.1, 0.15) is 5.82 Å². The lowest BCUT2D eigenvalue weighted by atomic mass is 10.2. The number of amides is 1. The fraction of sp³-hybridized carbons (Fsp3) is 0.438. The first-order valence-corrected chi connectivity index (χ1v) is 9.17. The zero-order valence-corrected chi connectivity index (χ0v) is 15.0. The average Bonchev–Trinajstić information content (AvgIpc) is 2.83. The van der Waals surface area contributed by atoms with Crippen LogP contribution in [0.4, 0.5) is 15.8 Å². The number of nitrogens with one attached hydrogen (secondary N) is 1. The molecule has 10 heteroatoms. The minimum Gasteiger partial charge on any atom is -0.325 e. The van der Waals surface area contributed by atoms with Gasteiger partial charge in [-0.05, 0) is 31.9 Å². The molecule has 3 rings (SSSR count). The van der Waals surface area contributed by atoms with Gasteiger partial charge in [-0.25, -0.2) is 0 Å². The Morgan fingerprint density at radius 3 is 2.96 bits per heavy atom. The van der Waals surface area contributed by atoms with Crippen molar-refractivity contribution >= 4 is 29.0 Å². The van der Waals surface area contributed by atoms with Crippen LogP contribution >= 0.6 is 11.8 Å². The monoisotopic (exact) mass is 379 g/mol. The van der Waals surface area contributed by atoms with Gasteiger partial charge in [0.2, 0.25) is 11.7 Å². The molecule has 26 heavy (non-hydrogen) atoms. The van der Waals surface area contributed by atoms with Gasteiger partial charge in [0, 0.05) is 24.7 Å². The van der Waals surface area contributed by atoms with Crippen LogP contribution < -0.4 is 5.32 Å². The van der Waals surface area contributed by atoms with Crippen molar-refractivity contribution in [1.29, 1.82) is 0 Å². The van der Waals surface area contributed by atoms with Crippen LogP contribution in [-0.4, -0.2) is 30.8 Å². The number of aromatic nitrogens is 3. The summed E-state index contributed by atoms with van der Waals surface area (Å²) in [5.41, 5.74) is -0.499. The van der Waals surface area contributed by atoms with E-state index in [9.17, 15) is 19.3 Å². The Balaban J connectivity index is 1.68. The van der Waals surface area contributed by atoms with Gasteiger partial charge in [-0.3, -0.25) is 14.9 Å². The third kappa shape index (κ3) is 4.01. The number of fused-ring (bicyclic) bond motifs is 1. The lowest BCUT2D eigenvalue weighted by molar-refractivity contribution is -0.387. The molecule has 0 unspecified atom stereocenters. The Hall–Kier alpha value is -2.49. The Kier molecular flexibility index (Phi) is 5.50. The van der Waals surface area contributed by atoms with E-state index >= 15 is 0 Å².